The molecule has 3 aromatic rings. The van der Waals surface area contributed by atoms with Gasteiger partial charge in [0.05, 0.1) is 23.9 Å². The summed E-state index contributed by atoms with van der Waals surface area (Å²) in [6.45, 7) is 4.00. The van der Waals surface area contributed by atoms with Crippen LogP contribution in [0.25, 0.3) is 0 Å². The first kappa shape index (κ1) is 26.7. The Morgan fingerprint density at radius 3 is 2.40 bits per heavy atom. The number of anilines is 2. The van der Waals surface area contributed by atoms with Crippen molar-refractivity contribution >= 4 is 23.4 Å². The number of hydrogen-bond donors (Lipinski definition) is 3. The zero-order valence-electron chi connectivity index (χ0n) is 20.1. The number of phenols is 2. The maximum Gasteiger partial charge on any atom is 0.328 e. The molecule has 0 aliphatic carbocycles. The van der Waals surface area contributed by atoms with Gasteiger partial charge in [-0.2, -0.15) is 0 Å². The molecular formula is C27H29N3O5. The van der Waals surface area contributed by atoms with Crippen molar-refractivity contribution < 1.29 is 24.5 Å². The molecular weight excluding hydrogens is 446 g/mol. The third kappa shape index (κ3) is 6.74. The second kappa shape index (κ2) is 12.7. The van der Waals surface area contributed by atoms with Gasteiger partial charge in [0.1, 0.15) is 23.4 Å². The molecule has 0 radical (unpaired) electrons. The quantitative estimate of drug-likeness (QED) is 0.352. The van der Waals surface area contributed by atoms with Gasteiger partial charge in [0.25, 0.3) is 5.91 Å². The van der Waals surface area contributed by atoms with Crippen LogP contribution in [0.4, 0.5) is 11.5 Å². The van der Waals surface area contributed by atoms with Crippen LogP contribution in [0, 0.1) is 12.3 Å². The molecule has 182 valence electrons. The zero-order valence-corrected chi connectivity index (χ0v) is 20.1. The Labute approximate surface area is 205 Å². The lowest BCUT2D eigenvalue weighted by Gasteiger charge is -2.23. The van der Waals surface area contributed by atoms with E-state index in [0.717, 1.165) is 5.56 Å². The molecule has 0 spiro atoms. The minimum Gasteiger partial charge on any atom is -0.508 e. The second-order valence-electron chi connectivity index (χ2n) is 7.20. The highest BCUT2D eigenvalue weighted by Gasteiger charge is 2.25. The van der Waals surface area contributed by atoms with E-state index < -0.39 is 17.9 Å². The molecule has 1 aromatic heterocycles. The fourth-order valence-electron chi connectivity index (χ4n) is 3.33. The highest BCUT2D eigenvalue weighted by atomic mass is 16.5. The zero-order chi connectivity index (χ0) is 26.0. The summed E-state index contributed by atoms with van der Waals surface area (Å²) in [5, 5.41) is 21.9. The first-order chi connectivity index (χ1) is 16.8. The number of terminal acetylenes is 1. The summed E-state index contributed by atoms with van der Waals surface area (Å²) < 4.78 is 4.86. The SMILES string of the molecule is C#Cc1cc(O)ccc1N(C)c1ncccc1C(=O)NC(Cc1ccc(O)cc1)C(=O)OC.CC. The van der Waals surface area contributed by atoms with Gasteiger partial charge in [0.15, 0.2) is 0 Å². The summed E-state index contributed by atoms with van der Waals surface area (Å²) in [5.41, 5.74) is 1.94. The molecule has 8 heteroatoms. The molecule has 2 aromatic carbocycles. The number of amides is 1. The Bertz CT molecular complexity index is 1200. The van der Waals surface area contributed by atoms with Crippen LogP contribution < -0.4 is 10.2 Å². The van der Waals surface area contributed by atoms with Gasteiger partial charge in [-0.15, -0.1) is 6.42 Å². The van der Waals surface area contributed by atoms with E-state index in [-0.39, 0.29) is 23.5 Å². The maximum atomic E-state index is 13.2. The van der Waals surface area contributed by atoms with Crippen LogP contribution in [0.15, 0.2) is 60.8 Å². The van der Waals surface area contributed by atoms with E-state index in [2.05, 4.69) is 16.2 Å². The Hall–Kier alpha value is -4.51. The van der Waals surface area contributed by atoms with E-state index in [9.17, 15) is 19.8 Å². The monoisotopic (exact) mass is 475 g/mol. The first-order valence-electron chi connectivity index (χ1n) is 11.0. The van der Waals surface area contributed by atoms with Crippen LogP contribution in [0.1, 0.15) is 35.3 Å². The molecule has 0 aliphatic heterocycles. The van der Waals surface area contributed by atoms with E-state index in [0.29, 0.717) is 17.1 Å². The average molecular weight is 476 g/mol. The number of carbonyl (C=O) groups excluding carboxylic acids is 2. The number of rotatable bonds is 7. The van der Waals surface area contributed by atoms with E-state index >= 15 is 0 Å². The molecule has 1 amide bonds. The number of methoxy groups -OCH3 is 1. The fraction of sp³-hybridized carbons (Fsp3) is 0.222. The summed E-state index contributed by atoms with van der Waals surface area (Å²) in [6, 6.07) is 13.1. The van der Waals surface area contributed by atoms with Crippen molar-refractivity contribution in [3.05, 3.63) is 77.5 Å². The molecule has 0 aliphatic rings. The minimum atomic E-state index is -0.958. The predicted octanol–water partition coefficient (Wildman–Crippen LogP) is 3.78. The van der Waals surface area contributed by atoms with Crippen molar-refractivity contribution in [3.8, 4) is 23.8 Å². The largest absolute Gasteiger partial charge is 0.508 e. The van der Waals surface area contributed by atoms with Gasteiger partial charge in [0, 0.05) is 19.7 Å². The average Bonchev–Trinajstić information content (AvgIpc) is 2.89. The van der Waals surface area contributed by atoms with Crippen molar-refractivity contribution in [3.63, 3.8) is 0 Å². The maximum absolute atomic E-state index is 13.2. The molecule has 1 unspecified atom stereocenters. The van der Waals surface area contributed by atoms with Crippen LogP contribution in [0.2, 0.25) is 0 Å². The van der Waals surface area contributed by atoms with Crippen molar-refractivity contribution in [1.29, 1.82) is 0 Å². The number of ether oxygens (including phenoxy) is 1. The number of pyridine rings is 1. The van der Waals surface area contributed by atoms with Crippen molar-refractivity contribution in [2.75, 3.05) is 19.1 Å². The molecule has 0 saturated heterocycles. The smallest absolute Gasteiger partial charge is 0.328 e. The number of benzene rings is 2. The lowest BCUT2D eigenvalue weighted by atomic mass is 10.0. The van der Waals surface area contributed by atoms with Gasteiger partial charge in [-0.3, -0.25) is 4.79 Å². The normalized spacial score (nSPS) is 10.7. The third-order valence-electron chi connectivity index (χ3n) is 5.01. The van der Waals surface area contributed by atoms with Crippen molar-refractivity contribution in [1.82, 2.24) is 10.3 Å². The summed E-state index contributed by atoms with van der Waals surface area (Å²) >= 11 is 0. The number of carbonyl (C=O) groups is 2. The Balaban J connectivity index is 0.00000210. The van der Waals surface area contributed by atoms with Gasteiger partial charge in [-0.1, -0.05) is 31.9 Å². The van der Waals surface area contributed by atoms with Gasteiger partial charge in [-0.25, -0.2) is 9.78 Å². The Kier molecular flexibility index (Phi) is 9.67. The number of aromatic hydroxyl groups is 2. The second-order valence-corrected chi connectivity index (χ2v) is 7.20. The van der Waals surface area contributed by atoms with E-state index in [1.54, 1.807) is 42.3 Å². The predicted molar refractivity (Wildman–Crippen MR) is 135 cm³/mol. The summed E-state index contributed by atoms with van der Waals surface area (Å²) in [7, 11) is 2.94. The molecule has 0 bridgehead atoms. The highest BCUT2D eigenvalue weighted by molar-refractivity contribution is 6.01. The van der Waals surface area contributed by atoms with Gasteiger partial charge in [-0.05, 0) is 48.0 Å². The van der Waals surface area contributed by atoms with Crippen molar-refractivity contribution in [2.24, 2.45) is 0 Å². The number of aromatic nitrogens is 1. The number of phenolic OH excluding ortho intramolecular Hbond substituents is 2. The van der Waals surface area contributed by atoms with Gasteiger partial charge < -0.3 is 25.2 Å². The van der Waals surface area contributed by atoms with Crippen LogP contribution in [-0.2, 0) is 16.0 Å². The van der Waals surface area contributed by atoms with Gasteiger partial charge >= 0.3 is 5.97 Å². The molecule has 35 heavy (non-hydrogen) atoms. The summed E-state index contributed by atoms with van der Waals surface area (Å²) in [6.07, 6.45) is 7.28. The molecule has 8 nitrogen and oxygen atoms in total. The number of nitrogens with one attached hydrogen (secondary N) is 1. The molecule has 0 saturated carbocycles. The Morgan fingerprint density at radius 1 is 1.11 bits per heavy atom. The van der Waals surface area contributed by atoms with Crippen LogP contribution in [0.5, 0.6) is 11.5 Å². The fourth-order valence-corrected chi connectivity index (χ4v) is 3.33. The topological polar surface area (TPSA) is 112 Å². The van der Waals surface area contributed by atoms with Crippen LogP contribution in [-0.4, -0.2) is 47.3 Å². The van der Waals surface area contributed by atoms with Crippen molar-refractivity contribution in [2.45, 2.75) is 26.3 Å². The molecule has 1 heterocycles. The molecule has 3 rings (SSSR count). The van der Waals surface area contributed by atoms with Gasteiger partial charge in [0.2, 0.25) is 0 Å². The summed E-state index contributed by atoms with van der Waals surface area (Å²) in [5.74, 6) is 1.81. The lowest BCUT2D eigenvalue weighted by Crippen LogP contribution is -2.43. The van der Waals surface area contributed by atoms with E-state index in [1.165, 1.54) is 37.6 Å². The van der Waals surface area contributed by atoms with E-state index in [4.69, 9.17) is 11.2 Å². The Morgan fingerprint density at radius 2 is 1.77 bits per heavy atom. The van der Waals surface area contributed by atoms with Crippen LogP contribution >= 0.6 is 0 Å². The standard InChI is InChI=1S/C25H23N3O5.C2H6/c1-4-17-15-19(30)11-12-22(17)28(2)23-20(6-5-13-26-23)24(31)27-21(25(32)33-3)14-16-7-9-18(29)10-8-16;1-2/h1,5-13,15,21,29-30H,14H2,2-3H3,(H,27,31);1-2H3. The molecule has 0 fully saturated rings. The first-order valence-corrected chi connectivity index (χ1v) is 11.0. The number of esters is 1. The minimum absolute atomic E-state index is 0.0224. The number of hydrogen-bond acceptors (Lipinski definition) is 7. The number of nitrogens with zero attached hydrogens (tertiary/aromatic N) is 2. The summed E-state index contributed by atoms with van der Waals surface area (Å²) in [4.78, 5) is 31.5. The lowest BCUT2D eigenvalue weighted by molar-refractivity contribution is -0.142. The molecule has 1 atom stereocenters. The molecule has 3 N–H and O–H groups in total. The third-order valence-corrected chi connectivity index (χ3v) is 5.01. The van der Waals surface area contributed by atoms with Crippen LogP contribution in [0.3, 0.4) is 0 Å². The highest BCUT2D eigenvalue weighted by Crippen LogP contribution is 2.30. The van der Waals surface area contributed by atoms with E-state index in [1.807, 2.05) is 13.8 Å².